The molecule has 4 nitrogen and oxygen atoms in total. The molecule has 0 spiro atoms. The summed E-state index contributed by atoms with van der Waals surface area (Å²) in [5.74, 6) is -1.16. The van der Waals surface area contributed by atoms with Crippen LogP contribution in [0.25, 0.3) is 0 Å². The number of hydrogen-bond acceptors (Lipinski definition) is 3. The quantitative estimate of drug-likeness (QED) is 0.613. The molecule has 4 heteroatoms. The molecule has 0 radical (unpaired) electrons. The van der Waals surface area contributed by atoms with Gasteiger partial charge in [-0.15, -0.1) is 0 Å². The number of ketones is 1. The number of amides is 1. The second-order valence-electron chi connectivity index (χ2n) is 5.52. The van der Waals surface area contributed by atoms with Crippen molar-refractivity contribution in [2.75, 3.05) is 7.05 Å². The summed E-state index contributed by atoms with van der Waals surface area (Å²) in [4.78, 5) is 24.8. The van der Waals surface area contributed by atoms with Gasteiger partial charge in [0.05, 0.1) is 5.71 Å². The zero-order valence-corrected chi connectivity index (χ0v) is 12.9. The van der Waals surface area contributed by atoms with Gasteiger partial charge in [0.25, 0.3) is 5.91 Å². The molecule has 0 saturated heterocycles. The number of aryl methyl sites for hydroxylation is 1. The maximum Gasteiger partial charge on any atom is 0.259 e. The standard InChI is InChI=1S/C16H20N2O2/c1-8-7-13(11(4)10(3)9(8)2)15(19)14-12(5)17-18(6)16(14)20/h7,14H,1-6H3. The van der Waals surface area contributed by atoms with Crippen molar-refractivity contribution in [3.8, 4) is 0 Å². The summed E-state index contributed by atoms with van der Waals surface area (Å²) in [7, 11) is 1.58. The Morgan fingerprint density at radius 3 is 2.20 bits per heavy atom. The average Bonchev–Trinajstić information content (AvgIpc) is 2.64. The van der Waals surface area contributed by atoms with E-state index in [1.54, 1.807) is 14.0 Å². The fourth-order valence-electron chi connectivity index (χ4n) is 2.63. The Morgan fingerprint density at radius 2 is 1.70 bits per heavy atom. The van der Waals surface area contributed by atoms with Crippen LogP contribution in [0.3, 0.4) is 0 Å². The third-order valence-corrected chi connectivity index (χ3v) is 4.30. The summed E-state index contributed by atoms with van der Waals surface area (Å²) in [6, 6.07) is 1.89. The molecule has 0 N–H and O–H groups in total. The Hall–Kier alpha value is -1.97. The fraction of sp³-hybridized carbons (Fsp3) is 0.438. The Kier molecular flexibility index (Phi) is 3.50. The monoisotopic (exact) mass is 272 g/mol. The Bertz CT molecular complexity index is 644. The third kappa shape index (κ3) is 2.05. The van der Waals surface area contributed by atoms with E-state index < -0.39 is 5.92 Å². The van der Waals surface area contributed by atoms with Crippen molar-refractivity contribution in [2.45, 2.75) is 34.6 Å². The molecule has 1 atom stereocenters. The Labute approximate surface area is 119 Å². The molecule has 1 aromatic rings. The second kappa shape index (κ2) is 4.85. The predicted molar refractivity (Wildman–Crippen MR) is 79.1 cm³/mol. The zero-order valence-electron chi connectivity index (χ0n) is 12.9. The van der Waals surface area contributed by atoms with E-state index in [0.717, 1.165) is 16.7 Å². The van der Waals surface area contributed by atoms with E-state index in [1.807, 2.05) is 33.8 Å². The molecular formula is C16H20N2O2. The highest BCUT2D eigenvalue weighted by Crippen LogP contribution is 2.26. The van der Waals surface area contributed by atoms with Crippen molar-refractivity contribution in [1.29, 1.82) is 0 Å². The van der Waals surface area contributed by atoms with Crippen LogP contribution in [0.5, 0.6) is 0 Å². The minimum Gasteiger partial charge on any atom is -0.293 e. The number of carbonyl (C=O) groups is 2. The minimum atomic E-state index is -0.764. The lowest BCUT2D eigenvalue weighted by molar-refractivity contribution is -0.129. The van der Waals surface area contributed by atoms with Crippen molar-refractivity contribution in [3.63, 3.8) is 0 Å². The molecule has 2 rings (SSSR count). The van der Waals surface area contributed by atoms with Crippen LogP contribution in [0, 0.1) is 33.6 Å². The first kappa shape index (κ1) is 14.4. The largest absolute Gasteiger partial charge is 0.293 e. The van der Waals surface area contributed by atoms with E-state index in [2.05, 4.69) is 5.10 Å². The minimum absolute atomic E-state index is 0.149. The number of rotatable bonds is 2. The number of benzene rings is 1. The van der Waals surface area contributed by atoms with Crippen LogP contribution in [0.2, 0.25) is 0 Å². The maximum atomic E-state index is 12.7. The van der Waals surface area contributed by atoms with Gasteiger partial charge < -0.3 is 0 Å². The van der Waals surface area contributed by atoms with Crippen LogP contribution >= 0.6 is 0 Å². The molecule has 1 amide bonds. The van der Waals surface area contributed by atoms with E-state index in [1.165, 1.54) is 10.6 Å². The van der Waals surface area contributed by atoms with Crippen molar-refractivity contribution < 1.29 is 9.59 Å². The molecule has 106 valence electrons. The molecule has 1 aliphatic heterocycles. The molecule has 0 saturated carbocycles. The van der Waals surface area contributed by atoms with Crippen LogP contribution < -0.4 is 0 Å². The van der Waals surface area contributed by atoms with E-state index in [0.29, 0.717) is 11.3 Å². The van der Waals surface area contributed by atoms with Gasteiger partial charge in [-0.05, 0) is 62.9 Å². The zero-order chi connectivity index (χ0) is 15.2. The first-order chi connectivity index (χ1) is 9.25. The van der Waals surface area contributed by atoms with Gasteiger partial charge in [-0.1, -0.05) is 0 Å². The molecule has 0 aliphatic carbocycles. The van der Waals surface area contributed by atoms with Crippen LogP contribution in [-0.2, 0) is 4.79 Å². The van der Waals surface area contributed by atoms with Crippen molar-refractivity contribution in [3.05, 3.63) is 33.9 Å². The average molecular weight is 272 g/mol. The van der Waals surface area contributed by atoms with Crippen molar-refractivity contribution in [2.24, 2.45) is 11.0 Å². The van der Waals surface area contributed by atoms with Gasteiger partial charge in [-0.2, -0.15) is 5.10 Å². The molecule has 0 fully saturated rings. The lowest BCUT2D eigenvalue weighted by Gasteiger charge is -2.16. The SMILES string of the molecule is CC1=NN(C)C(=O)C1C(=O)c1cc(C)c(C)c(C)c1C. The van der Waals surface area contributed by atoms with Gasteiger partial charge >= 0.3 is 0 Å². The first-order valence-electron chi connectivity index (χ1n) is 6.70. The summed E-state index contributed by atoms with van der Waals surface area (Å²) >= 11 is 0. The number of hydrogen-bond donors (Lipinski definition) is 0. The number of Topliss-reactive ketones (excluding diaryl/α,β-unsaturated/α-hetero) is 1. The van der Waals surface area contributed by atoms with Crippen molar-refractivity contribution >= 4 is 17.4 Å². The van der Waals surface area contributed by atoms with Crippen LogP contribution in [0.15, 0.2) is 11.2 Å². The lowest BCUT2D eigenvalue weighted by Crippen LogP contribution is -2.31. The van der Waals surface area contributed by atoms with Gasteiger partial charge in [0.15, 0.2) is 5.78 Å². The molecule has 1 aromatic carbocycles. The maximum absolute atomic E-state index is 12.7. The molecule has 0 bridgehead atoms. The van der Waals surface area contributed by atoms with Crippen LogP contribution in [-0.4, -0.2) is 29.5 Å². The number of nitrogens with zero attached hydrogens (tertiary/aromatic N) is 2. The molecule has 1 heterocycles. The number of carbonyl (C=O) groups excluding carboxylic acids is 2. The predicted octanol–water partition coefficient (Wildman–Crippen LogP) is 2.57. The van der Waals surface area contributed by atoms with E-state index in [9.17, 15) is 9.59 Å². The summed E-state index contributed by atoms with van der Waals surface area (Å²) < 4.78 is 0. The van der Waals surface area contributed by atoms with Crippen molar-refractivity contribution in [1.82, 2.24) is 5.01 Å². The normalized spacial score (nSPS) is 18.5. The van der Waals surface area contributed by atoms with Gasteiger partial charge in [-0.25, -0.2) is 5.01 Å². The smallest absolute Gasteiger partial charge is 0.259 e. The van der Waals surface area contributed by atoms with Gasteiger partial charge in [-0.3, -0.25) is 9.59 Å². The van der Waals surface area contributed by atoms with E-state index in [-0.39, 0.29) is 11.7 Å². The van der Waals surface area contributed by atoms with Gasteiger partial charge in [0, 0.05) is 12.6 Å². The van der Waals surface area contributed by atoms with Crippen LogP contribution in [0.1, 0.15) is 39.5 Å². The highest BCUT2D eigenvalue weighted by Gasteiger charge is 2.38. The topological polar surface area (TPSA) is 49.7 Å². The van der Waals surface area contributed by atoms with E-state index in [4.69, 9.17) is 0 Å². The fourth-order valence-corrected chi connectivity index (χ4v) is 2.63. The summed E-state index contributed by atoms with van der Waals surface area (Å²) in [6.45, 7) is 9.71. The summed E-state index contributed by atoms with van der Waals surface area (Å²) in [6.07, 6.45) is 0. The Balaban J connectivity index is 2.51. The lowest BCUT2D eigenvalue weighted by atomic mass is 9.87. The molecule has 0 aromatic heterocycles. The third-order valence-electron chi connectivity index (χ3n) is 4.30. The van der Waals surface area contributed by atoms with Crippen LogP contribution in [0.4, 0.5) is 0 Å². The highest BCUT2D eigenvalue weighted by atomic mass is 16.2. The highest BCUT2D eigenvalue weighted by molar-refractivity contribution is 6.26. The molecule has 1 aliphatic rings. The first-order valence-corrected chi connectivity index (χ1v) is 6.70. The van der Waals surface area contributed by atoms with E-state index >= 15 is 0 Å². The molecular weight excluding hydrogens is 252 g/mol. The second-order valence-corrected chi connectivity index (χ2v) is 5.52. The summed E-state index contributed by atoms with van der Waals surface area (Å²) in [5.41, 5.74) is 5.53. The molecule has 1 unspecified atom stereocenters. The Morgan fingerprint density at radius 1 is 1.10 bits per heavy atom. The molecule has 20 heavy (non-hydrogen) atoms. The summed E-state index contributed by atoms with van der Waals surface area (Å²) in [5, 5.41) is 5.32. The van der Waals surface area contributed by atoms with Gasteiger partial charge in [0.1, 0.15) is 5.92 Å². The number of hydrazone groups is 1. The van der Waals surface area contributed by atoms with Gasteiger partial charge in [0.2, 0.25) is 0 Å².